The van der Waals surface area contributed by atoms with E-state index in [1.807, 2.05) is 24.3 Å². The first kappa shape index (κ1) is 15.7. The minimum atomic E-state index is -0.207. The Balaban J connectivity index is 1.63. The smallest absolute Gasteiger partial charge is 0.167 e. The standard InChI is InChI=1S/C19H19ClFNO2/c20-14-3-1-12(2-4-14)17-11-23-19-16(24-17)6-5-15(21)18(19)13-7-9-22-10-8-13/h1-6,13,17,22H,7-11H2/t17-/m0/s1. The number of piperidine rings is 1. The van der Waals surface area contributed by atoms with Gasteiger partial charge in [0.05, 0.1) is 0 Å². The van der Waals surface area contributed by atoms with E-state index < -0.39 is 0 Å². The number of hydrogen-bond donors (Lipinski definition) is 1. The largest absolute Gasteiger partial charge is 0.485 e. The fourth-order valence-electron chi connectivity index (χ4n) is 3.48. The molecule has 5 heteroatoms. The van der Waals surface area contributed by atoms with E-state index in [0.717, 1.165) is 31.5 Å². The van der Waals surface area contributed by atoms with Crippen molar-refractivity contribution in [3.63, 3.8) is 0 Å². The zero-order valence-electron chi connectivity index (χ0n) is 13.2. The molecule has 0 bridgehead atoms. The van der Waals surface area contributed by atoms with Crippen LogP contribution in [0.25, 0.3) is 0 Å². The van der Waals surface area contributed by atoms with E-state index in [1.54, 1.807) is 6.07 Å². The lowest BCUT2D eigenvalue weighted by Gasteiger charge is -2.31. The SMILES string of the molecule is Fc1ccc2c(c1C1CCNCC1)OC[C@@H](c1ccc(Cl)cc1)O2. The highest BCUT2D eigenvalue weighted by molar-refractivity contribution is 6.30. The zero-order chi connectivity index (χ0) is 16.5. The number of benzene rings is 2. The maximum absolute atomic E-state index is 14.5. The van der Waals surface area contributed by atoms with E-state index in [-0.39, 0.29) is 17.8 Å². The number of rotatable bonds is 2. The van der Waals surface area contributed by atoms with Crippen molar-refractivity contribution in [1.82, 2.24) is 5.32 Å². The second kappa shape index (κ2) is 6.61. The van der Waals surface area contributed by atoms with E-state index in [2.05, 4.69) is 5.32 Å². The molecule has 0 aliphatic carbocycles. The van der Waals surface area contributed by atoms with Crippen LogP contribution in [-0.2, 0) is 0 Å². The molecule has 1 atom stereocenters. The summed E-state index contributed by atoms with van der Waals surface area (Å²) in [6, 6.07) is 10.7. The monoisotopic (exact) mass is 347 g/mol. The topological polar surface area (TPSA) is 30.5 Å². The van der Waals surface area contributed by atoms with Gasteiger partial charge in [0.1, 0.15) is 12.4 Å². The fourth-order valence-corrected chi connectivity index (χ4v) is 3.60. The Morgan fingerprint density at radius 2 is 1.79 bits per heavy atom. The average Bonchev–Trinajstić information content (AvgIpc) is 2.63. The molecule has 1 N–H and O–H groups in total. The summed E-state index contributed by atoms with van der Waals surface area (Å²) < 4.78 is 26.5. The van der Waals surface area contributed by atoms with Crippen LogP contribution >= 0.6 is 11.6 Å². The van der Waals surface area contributed by atoms with Crippen LogP contribution in [0.15, 0.2) is 36.4 Å². The first-order valence-corrected chi connectivity index (χ1v) is 8.68. The van der Waals surface area contributed by atoms with Crippen LogP contribution in [-0.4, -0.2) is 19.7 Å². The van der Waals surface area contributed by atoms with Crippen molar-refractivity contribution in [1.29, 1.82) is 0 Å². The summed E-state index contributed by atoms with van der Waals surface area (Å²) in [5.74, 6) is 1.18. The van der Waals surface area contributed by atoms with Crippen molar-refractivity contribution in [2.24, 2.45) is 0 Å². The molecule has 2 heterocycles. The van der Waals surface area contributed by atoms with Gasteiger partial charge < -0.3 is 14.8 Å². The van der Waals surface area contributed by atoms with Gasteiger partial charge in [0, 0.05) is 10.6 Å². The predicted molar refractivity (Wildman–Crippen MR) is 91.6 cm³/mol. The highest BCUT2D eigenvalue weighted by Crippen LogP contribution is 2.45. The molecule has 24 heavy (non-hydrogen) atoms. The lowest BCUT2D eigenvalue weighted by Crippen LogP contribution is -2.28. The van der Waals surface area contributed by atoms with E-state index in [9.17, 15) is 4.39 Å². The van der Waals surface area contributed by atoms with E-state index >= 15 is 0 Å². The molecule has 0 amide bonds. The molecule has 3 nitrogen and oxygen atoms in total. The lowest BCUT2D eigenvalue weighted by atomic mass is 9.88. The van der Waals surface area contributed by atoms with Gasteiger partial charge in [-0.1, -0.05) is 23.7 Å². The summed E-state index contributed by atoms with van der Waals surface area (Å²) in [6.45, 7) is 2.18. The highest BCUT2D eigenvalue weighted by Gasteiger charge is 2.30. The number of fused-ring (bicyclic) bond motifs is 1. The van der Waals surface area contributed by atoms with Gasteiger partial charge in [-0.3, -0.25) is 0 Å². The first-order chi connectivity index (χ1) is 11.7. The van der Waals surface area contributed by atoms with Gasteiger partial charge >= 0.3 is 0 Å². The summed E-state index contributed by atoms with van der Waals surface area (Å²) in [5.41, 5.74) is 1.67. The van der Waals surface area contributed by atoms with Gasteiger partial charge in [-0.2, -0.15) is 0 Å². The quantitative estimate of drug-likeness (QED) is 0.870. The van der Waals surface area contributed by atoms with Gasteiger partial charge in [-0.15, -0.1) is 0 Å². The van der Waals surface area contributed by atoms with Crippen LogP contribution in [0.4, 0.5) is 4.39 Å². The summed E-state index contributed by atoms with van der Waals surface area (Å²) >= 11 is 5.94. The van der Waals surface area contributed by atoms with Gasteiger partial charge in [-0.25, -0.2) is 4.39 Å². The minimum Gasteiger partial charge on any atom is -0.485 e. The van der Waals surface area contributed by atoms with Gasteiger partial charge in [0.25, 0.3) is 0 Å². The molecule has 0 radical (unpaired) electrons. The van der Waals surface area contributed by atoms with Gasteiger partial charge in [0.15, 0.2) is 17.6 Å². The normalized spacial score (nSPS) is 20.8. The van der Waals surface area contributed by atoms with Crippen LogP contribution in [0.5, 0.6) is 11.5 Å². The van der Waals surface area contributed by atoms with Crippen LogP contribution in [0.3, 0.4) is 0 Å². The van der Waals surface area contributed by atoms with Crippen molar-refractivity contribution in [3.8, 4) is 11.5 Å². The number of hydrogen-bond acceptors (Lipinski definition) is 3. The number of halogens is 2. The Labute approximate surface area is 145 Å². The third-order valence-corrected chi connectivity index (χ3v) is 5.00. The Morgan fingerprint density at radius 3 is 2.54 bits per heavy atom. The molecule has 1 fully saturated rings. The molecule has 1 saturated heterocycles. The van der Waals surface area contributed by atoms with E-state index in [0.29, 0.717) is 28.7 Å². The molecule has 0 saturated carbocycles. The molecule has 0 spiro atoms. The van der Waals surface area contributed by atoms with Crippen molar-refractivity contribution in [2.75, 3.05) is 19.7 Å². The highest BCUT2D eigenvalue weighted by atomic mass is 35.5. The number of nitrogens with one attached hydrogen (secondary N) is 1. The van der Waals surface area contributed by atoms with Crippen LogP contribution < -0.4 is 14.8 Å². The van der Waals surface area contributed by atoms with E-state index in [4.69, 9.17) is 21.1 Å². The maximum atomic E-state index is 14.5. The maximum Gasteiger partial charge on any atom is 0.167 e. The fraction of sp³-hybridized carbons (Fsp3) is 0.368. The number of ether oxygens (including phenoxy) is 2. The molecule has 0 aromatic heterocycles. The second-order valence-electron chi connectivity index (χ2n) is 6.28. The Hall–Kier alpha value is -1.78. The minimum absolute atomic E-state index is 0.178. The molecule has 0 unspecified atom stereocenters. The third-order valence-electron chi connectivity index (χ3n) is 4.74. The molecule has 4 rings (SSSR count). The van der Waals surface area contributed by atoms with Crippen molar-refractivity contribution >= 4 is 11.6 Å². The van der Waals surface area contributed by atoms with Gasteiger partial charge in [-0.05, 0) is 61.7 Å². The average molecular weight is 348 g/mol. The van der Waals surface area contributed by atoms with Crippen molar-refractivity contribution < 1.29 is 13.9 Å². The Morgan fingerprint density at radius 1 is 1.04 bits per heavy atom. The molecule has 2 aliphatic rings. The Bertz CT molecular complexity index is 729. The molecule has 2 aromatic carbocycles. The van der Waals surface area contributed by atoms with E-state index in [1.165, 1.54) is 6.07 Å². The summed E-state index contributed by atoms with van der Waals surface area (Å²) in [7, 11) is 0. The van der Waals surface area contributed by atoms with Crippen LogP contribution in [0.1, 0.15) is 36.0 Å². The molecular formula is C19H19ClFNO2. The van der Waals surface area contributed by atoms with Crippen molar-refractivity contribution in [3.05, 3.63) is 58.4 Å². The summed E-state index contributed by atoms with van der Waals surface area (Å²) in [4.78, 5) is 0. The van der Waals surface area contributed by atoms with Gasteiger partial charge in [0.2, 0.25) is 0 Å². The zero-order valence-corrected chi connectivity index (χ0v) is 14.0. The summed E-state index contributed by atoms with van der Waals surface area (Å²) in [5, 5.41) is 4.00. The molecular weight excluding hydrogens is 329 g/mol. The predicted octanol–water partition coefficient (Wildman–Crippen LogP) is 4.46. The molecule has 2 aliphatic heterocycles. The third kappa shape index (κ3) is 2.96. The molecule has 126 valence electrons. The molecule has 2 aromatic rings. The van der Waals surface area contributed by atoms with Crippen molar-refractivity contribution in [2.45, 2.75) is 24.9 Å². The van der Waals surface area contributed by atoms with Crippen LogP contribution in [0, 0.1) is 5.82 Å². The lowest BCUT2D eigenvalue weighted by molar-refractivity contribution is 0.0888. The van der Waals surface area contributed by atoms with Crippen LogP contribution in [0.2, 0.25) is 5.02 Å². The summed E-state index contributed by atoms with van der Waals surface area (Å²) in [6.07, 6.45) is 1.62. The first-order valence-electron chi connectivity index (χ1n) is 8.30. The second-order valence-corrected chi connectivity index (χ2v) is 6.72. The Kier molecular flexibility index (Phi) is 4.33.